The van der Waals surface area contributed by atoms with Gasteiger partial charge in [0.05, 0.1) is 25.4 Å². The minimum atomic E-state index is -2.04. The lowest BCUT2D eigenvalue weighted by atomic mass is 9.76. The van der Waals surface area contributed by atoms with Crippen molar-refractivity contribution in [1.82, 2.24) is 5.32 Å². The standard InChI is InChI=1S/C44H65NO13/c1-23(2)41-28(7)35(56-37(49)18-17-36(48)45-38-31(46)15-16-32(38)47)22-44(53,58-41)30(9)40(51)29(8)42-33(54-10)14-12-13-24(3)19-26(5)39(50)27(6)20-25(4)21-34(55-11)43(52)57-42/h12-14,17-18,20-21,23,26-30,33,35,39-42,46,50-51,53H,15-16,19,22H2,1-11H3,(H,45,48)/b14-12-,18-17+,24-13-,25-20-,34-21-/t26-,27+,28-,29-,30-,33-,35+,39-,40+,41+,42?,44+/m0/s1. The molecule has 58 heavy (non-hydrogen) atoms. The van der Waals surface area contributed by atoms with Crippen LogP contribution in [-0.4, -0.2) is 101 Å². The zero-order valence-electron chi connectivity index (χ0n) is 35.8. The van der Waals surface area contributed by atoms with Gasteiger partial charge in [-0.1, -0.05) is 83.9 Å². The Balaban J connectivity index is 1.92. The van der Waals surface area contributed by atoms with Gasteiger partial charge in [0.1, 0.15) is 29.8 Å². The number of methoxy groups -OCH3 is 2. The van der Waals surface area contributed by atoms with E-state index in [0.29, 0.717) is 12.0 Å². The first-order valence-corrected chi connectivity index (χ1v) is 20.1. The summed E-state index contributed by atoms with van der Waals surface area (Å²) in [5.74, 6) is -8.07. The maximum absolute atomic E-state index is 13.7. The molecule has 2 aliphatic heterocycles. The normalized spacial score (nSPS) is 35.5. The third kappa shape index (κ3) is 12.5. The van der Waals surface area contributed by atoms with Crippen LogP contribution in [0, 0.1) is 35.5 Å². The Morgan fingerprint density at radius 3 is 2.29 bits per heavy atom. The van der Waals surface area contributed by atoms with Gasteiger partial charge in [0.2, 0.25) is 11.7 Å². The Bertz CT molecular complexity index is 1670. The SMILES string of the molecule is CO/C1=C\C(C)=C/[C@@H](C)[C@@H](O)[C@@H](C)C/C(C)=C\C=C/[C@H](OC)C([C@@H](C)[C@@H](O)[C@H](C)[C@@]2(O)C[C@@H](OC(=O)/C=C/C(=O)NC3=C(O)CCC3=O)[C@H](C)[C@@H](C(C)C)O2)OC1=O. The van der Waals surface area contributed by atoms with Gasteiger partial charge in [0, 0.05) is 62.2 Å². The second-order valence-electron chi connectivity index (χ2n) is 16.5. The molecule has 3 rings (SSSR count). The first-order chi connectivity index (χ1) is 27.1. The summed E-state index contributed by atoms with van der Waals surface area (Å²) in [6.45, 7) is 16.5. The molecule has 12 atom stereocenters. The van der Waals surface area contributed by atoms with Crippen LogP contribution in [0.2, 0.25) is 0 Å². The summed E-state index contributed by atoms with van der Waals surface area (Å²) in [6, 6.07) is 0. The highest BCUT2D eigenvalue weighted by atomic mass is 16.6. The number of ether oxygens (including phenoxy) is 5. The summed E-state index contributed by atoms with van der Waals surface area (Å²) in [5, 5.41) is 47.4. The molecule has 1 amide bonds. The van der Waals surface area contributed by atoms with Gasteiger partial charge in [-0.2, -0.15) is 0 Å². The molecule has 0 bridgehead atoms. The Morgan fingerprint density at radius 1 is 1.03 bits per heavy atom. The second kappa shape index (κ2) is 21.3. The highest BCUT2D eigenvalue weighted by Gasteiger charge is 2.53. The second-order valence-corrected chi connectivity index (χ2v) is 16.5. The molecule has 3 aliphatic rings. The maximum Gasteiger partial charge on any atom is 0.373 e. The first-order valence-electron chi connectivity index (χ1n) is 20.1. The average molecular weight is 816 g/mol. The number of aliphatic hydroxyl groups is 4. The van der Waals surface area contributed by atoms with Crippen molar-refractivity contribution in [3.63, 3.8) is 0 Å². The van der Waals surface area contributed by atoms with Crippen LogP contribution in [0.5, 0.6) is 0 Å². The third-order valence-electron chi connectivity index (χ3n) is 11.5. The number of allylic oxidation sites excluding steroid dienone is 7. The van der Waals surface area contributed by atoms with E-state index in [1.807, 2.05) is 53.7 Å². The average Bonchev–Trinajstić information content (AvgIpc) is 3.48. The van der Waals surface area contributed by atoms with Gasteiger partial charge in [-0.15, -0.1) is 0 Å². The summed E-state index contributed by atoms with van der Waals surface area (Å²) in [7, 11) is 2.79. The monoisotopic (exact) mass is 815 g/mol. The van der Waals surface area contributed by atoms with Crippen molar-refractivity contribution in [2.24, 2.45) is 35.5 Å². The van der Waals surface area contributed by atoms with E-state index in [2.05, 4.69) is 5.32 Å². The predicted octanol–water partition coefficient (Wildman–Crippen LogP) is 5.05. The quantitative estimate of drug-likeness (QED) is 0.137. The van der Waals surface area contributed by atoms with E-state index in [-0.39, 0.29) is 54.2 Å². The van der Waals surface area contributed by atoms with Crippen LogP contribution < -0.4 is 5.32 Å². The number of hydrogen-bond acceptors (Lipinski definition) is 13. The molecule has 0 saturated carbocycles. The summed E-state index contributed by atoms with van der Waals surface area (Å²) < 4.78 is 29.5. The number of Topliss-reactive ketones (excluding diaryl/α,β-unsaturated/α-hetero) is 1. The van der Waals surface area contributed by atoms with Gasteiger partial charge >= 0.3 is 11.9 Å². The van der Waals surface area contributed by atoms with Gasteiger partial charge in [0.25, 0.3) is 0 Å². The molecule has 2 heterocycles. The topological polar surface area (TPSA) is 207 Å². The number of amides is 1. The minimum absolute atomic E-state index is 0.0594. The molecule has 1 saturated heterocycles. The number of cyclic esters (lactones) is 1. The number of esters is 2. The molecule has 0 aromatic heterocycles. The molecule has 0 aromatic carbocycles. The lowest BCUT2D eigenvalue weighted by Gasteiger charge is -2.50. The lowest BCUT2D eigenvalue weighted by Crippen LogP contribution is -2.59. The van der Waals surface area contributed by atoms with Crippen molar-refractivity contribution >= 4 is 23.6 Å². The number of ketones is 1. The van der Waals surface area contributed by atoms with Gasteiger partial charge in [0.15, 0.2) is 11.6 Å². The molecule has 1 unspecified atom stereocenters. The minimum Gasteiger partial charge on any atom is -0.510 e. The summed E-state index contributed by atoms with van der Waals surface area (Å²) in [4.78, 5) is 51.1. The van der Waals surface area contributed by atoms with Gasteiger partial charge < -0.3 is 49.4 Å². The van der Waals surface area contributed by atoms with Crippen LogP contribution in [0.25, 0.3) is 0 Å². The molecule has 14 nitrogen and oxygen atoms in total. The fraction of sp³-hybridized carbons (Fsp3) is 0.636. The number of carbonyl (C=O) groups excluding carboxylic acids is 4. The fourth-order valence-electron chi connectivity index (χ4n) is 7.95. The predicted molar refractivity (Wildman–Crippen MR) is 215 cm³/mol. The van der Waals surface area contributed by atoms with E-state index in [1.54, 1.807) is 32.9 Å². The molecular weight excluding hydrogens is 750 g/mol. The van der Waals surface area contributed by atoms with E-state index >= 15 is 0 Å². The summed E-state index contributed by atoms with van der Waals surface area (Å²) in [5.41, 5.74) is 1.48. The van der Waals surface area contributed by atoms with Crippen LogP contribution in [0.15, 0.2) is 70.9 Å². The number of nitrogens with one attached hydrogen (secondary N) is 1. The largest absolute Gasteiger partial charge is 0.510 e. The van der Waals surface area contributed by atoms with Crippen molar-refractivity contribution in [1.29, 1.82) is 0 Å². The third-order valence-corrected chi connectivity index (χ3v) is 11.5. The molecule has 1 fully saturated rings. The molecule has 0 radical (unpaired) electrons. The molecule has 0 aromatic rings. The van der Waals surface area contributed by atoms with E-state index in [1.165, 1.54) is 20.3 Å². The summed E-state index contributed by atoms with van der Waals surface area (Å²) >= 11 is 0. The van der Waals surface area contributed by atoms with Crippen molar-refractivity contribution in [2.45, 2.75) is 130 Å². The number of aliphatic hydroxyl groups excluding tert-OH is 3. The van der Waals surface area contributed by atoms with E-state index < -0.39 is 83.8 Å². The van der Waals surface area contributed by atoms with E-state index in [0.717, 1.165) is 17.7 Å². The lowest BCUT2D eigenvalue weighted by molar-refractivity contribution is -0.329. The molecule has 5 N–H and O–H groups in total. The Morgan fingerprint density at radius 2 is 1.71 bits per heavy atom. The number of carbonyl (C=O) groups is 4. The van der Waals surface area contributed by atoms with Gasteiger partial charge in [-0.3, -0.25) is 9.59 Å². The van der Waals surface area contributed by atoms with Crippen LogP contribution >= 0.6 is 0 Å². The summed E-state index contributed by atoms with van der Waals surface area (Å²) in [6.07, 6.45) is 5.61. The smallest absolute Gasteiger partial charge is 0.373 e. The maximum atomic E-state index is 13.7. The van der Waals surface area contributed by atoms with Crippen molar-refractivity contribution in [2.75, 3.05) is 14.2 Å². The van der Waals surface area contributed by atoms with Crippen molar-refractivity contribution in [3.8, 4) is 0 Å². The highest BCUT2D eigenvalue weighted by Crippen LogP contribution is 2.42. The van der Waals surface area contributed by atoms with Crippen LogP contribution in [0.4, 0.5) is 0 Å². The Kier molecular flexibility index (Phi) is 17.7. The van der Waals surface area contributed by atoms with Gasteiger partial charge in [-0.25, -0.2) is 9.59 Å². The van der Waals surface area contributed by atoms with E-state index in [9.17, 15) is 39.6 Å². The van der Waals surface area contributed by atoms with Crippen LogP contribution in [0.3, 0.4) is 0 Å². The van der Waals surface area contributed by atoms with Gasteiger partial charge in [-0.05, 0) is 38.2 Å². The molecule has 324 valence electrons. The Hall–Kier alpha value is -4.08. The van der Waals surface area contributed by atoms with Crippen molar-refractivity contribution < 1.29 is 63.3 Å². The zero-order valence-corrected chi connectivity index (χ0v) is 35.8. The molecule has 1 aliphatic carbocycles. The molecule has 0 spiro atoms. The number of hydrogen-bond donors (Lipinski definition) is 5. The molecular formula is C44H65NO13. The zero-order chi connectivity index (χ0) is 43.6. The van der Waals surface area contributed by atoms with Crippen molar-refractivity contribution in [3.05, 3.63) is 70.9 Å². The van der Waals surface area contributed by atoms with Crippen LogP contribution in [0.1, 0.15) is 88.0 Å². The highest BCUT2D eigenvalue weighted by molar-refractivity contribution is 6.04. The molecule has 14 heteroatoms. The first kappa shape index (κ1) is 48.3. The number of rotatable bonds is 11. The Labute approximate surface area is 342 Å². The fourth-order valence-corrected chi connectivity index (χ4v) is 7.95. The van der Waals surface area contributed by atoms with Crippen LogP contribution in [-0.2, 0) is 42.9 Å². The van der Waals surface area contributed by atoms with E-state index in [4.69, 9.17) is 23.7 Å².